The fourth-order valence-electron chi connectivity index (χ4n) is 4.62. The lowest BCUT2D eigenvalue weighted by atomic mass is 9.68. The Morgan fingerprint density at radius 1 is 1.22 bits per heavy atom. The van der Waals surface area contributed by atoms with E-state index in [2.05, 4.69) is 27.2 Å². The molecule has 3 heterocycles. The van der Waals surface area contributed by atoms with E-state index in [-0.39, 0.29) is 17.2 Å². The van der Waals surface area contributed by atoms with Gasteiger partial charge in [0.1, 0.15) is 0 Å². The van der Waals surface area contributed by atoms with E-state index in [0.717, 1.165) is 63.3 Å². The highest BCUT2D eigenvalue weighted by atomic mass is 16.5. The molecule has 0 radical (unpaired) electrons. The van der Waals surface area contributed by atoms with Gasteiger partial charge in [0.2, 0.25) is 11.8 Å². The van der Waals surface area contributed by atoms with Crippen molar-refractivity contribution in [3.8, 4) is 0 Å². The smallest absolute Gasteiger partial charge is 0.229 e. The van der Waals surface area contributed by atoms with Crippen LogP contribution < -0.4 is 0 Å². The molecule has 1 spiro atoms. The van der Waals surface area contributed by atoms with Crippen molar-refractivity contribution in [1.29, 1.82) is 0 Å². The van der Waals surface area contributed by atoms with Crippen LogP contribution in [0.5, 0.6) is 0 Å². The summed E-state index contributed by atoms with van der Waals surface area (Å²) in [4.78, 5) is 21.6. The van der Waals surface area contributed by atoms with Gasteiger partial charge in [-0.05, 0) is 43.3 Å². The number of aryl methyl sites for hydroxylation is 1. The number of carbonyl (C=O) groups excluding carboxylic acids is 1. The van der Waals surface area contributed by atoms with Crippen molar-refractivity contribution in [2.45, 2.75) is 45.1 Å². The van der Waals surface area contributed by atoms with Gasteiger partial charge < -0.3 is 9.42 Å². The second-order valence-corrected chi connectivity index (χ2v) is 8.10. The van der Waals surface area contributed by atoms with Gasteiger partial charge in [-0.3, -0.25) is 9.69 Å². The van der Waals surface area contributed by atoms with Crippen LogP contribution in [0.1, 0.15) is 49.4 Å². The molecule has 2 fully saturated rings. The summed E-state index contributed by atoms with van der Waals surface area (Å²) >= 11 is 0. The van der Waals surface area contributed by atoms with E-state index in [1.165, 1.54) is 0 Å². The highest BCUT2D eigenvalue weighted by Crippen LogP contribution is 2.45. The van der Waals surface area contributed by atoms with Gasteiger partial charge in [-0.25, -0.2) is 0 Å². The SMILES string of the molecule is CCc1nc(CN2CCC3(CC2)C[C@@H](c2ccccc2)C(=O)N(C)C3)no1. The maximum atomic E-state index is 12.8. The van der Waals surface area contributed by atoms with E-state index in [9.17, 15) is 4.79 Å². The molecule has 0 aliphatic carbocycles. The summed E-state index contributed by atoms with van der Waals surface area (Å²) in [5.41, 5.74) is 1.36. The van der Waals surface area contributed by atoms with Gasteiger partial charge in [-0.15, -0.1) is 0 Å². The molecule has 144 valence electrons. The molecule has 0 saturated carbocycles. The van der Waals surface area contributed by atoms with Gasteiger partial charge >= 0.3 is 0 Å². The van der Waals surface area contributed by atoms with Crippen molar-refractivity contribution in [1.82, 2.24) is 19.9 Å². The Kier molecular flexibility index (Phi) is 5.00. The molecule has 1 aromatic heterocycles. The first kappa shape index (κ1) is 18.2. The van der Waals surface area contributed by atoms with E-state index in [4.69, 9.17) is 4.52 Å². The third-order valence-electron chi connectivity index (χ3n) is 6.18. The first-order chi connectivity index (χ1) is 13.1. The number of aromatic nitrogens is 2. The van der Waals surface area contributed by atoms with Crippen LogP contribution in [0.25, 0.3) is 0 Å². The molecule has 1 amide bonds. The molecular formula is C21H28N4O2. The molecule has 1 aromatic carbocycles. The average Bonchev–Trinajstić information content (AvgIpc) is 3.15. The maximum Gasteiger partial charge on any atom is 0.229 e. The Balaban J connectivity index is 1.42. The van der Waals surface area contributed by atoms with Gasteiger partial charge in [-0.2, -0.15) is 4.98 Å². The predicted molar refractivity (Wildman–Crippen MR) is 102 cm³/mol. The third-order valence-corrected chi connectivity index (χ3v) is 6.18. The van der Waals surface area contributed by atoms with Gasteiger partial charge in [0.05, 0.1) is 12.5 Å². The zero-order valence-electron chi connectivity index (χ0n) is 16.2. The topological polar surface area (TPSA) is 62.5 Å². The minimum absolute atomic E-state index is 0.0131. The summed E-state index contributed by atoms with van der Waals surface area (Å²) in [7, 11) is 1.96. The van der Waals surface area contributed by atoms with Crippen molar-refractivity contribution in [3.05, 3.63) is 47.6 Å². The number of benzene rings is 1. The molecule has 0 bridgehead atoms. The number of hydrogen-bond acceptors (Lipinski definition) is 5. The largest absolute Gasteiger partial charge is 0.345 e. The van der Waals surface area contributed by atoms with E-state index in [1.807, 2.05) is 37.1 Å². The predicted octanol–water partition coefficient (Wildman–Crippen LogP) is 2.86. The number of likely N-dealkylation sites (N-methyl/N-ethyl adjacent to an activating group) is 1. The lowest BCUT2D eigenvalue weighted by Crippen LogP contribution is -2.52. The number of likely N-dealkylation sites (tertiary alicyclic amines) is 2. The number of rotatable bonds is 4. The molecule has 2 aliphatic rings. The zero-order valence-corrected chi connectivity index (χ0v) is 16.2. The summed E-state index contributed by atoms with van der Waals surface area (Å²) in [6, 6.07) is 10.2. The van der Waals surface area contributed by atoms with Crippen molar-refractivity contribution >= 4 is 5.91 Å². The number of carbonyl (C=O) groups is 1. The van der Waals surface area contributed by atoms with Crippen LogP contribution in [0.4, 0.5) is 0 Å². The molecule has 6 heteroatoms. The highest BCUT2D eigenvalue weighted by Gasteiger charge is 2.45. The van der Waals surface area contributed by atoms with Crippen LogP contribution >= 0.6 is 0 Å². The van der Waals surface area contributed by atoms with Gasteiger partial charge in [-0.1, -0.05) is 42.4 Å². The fourth-order valence-corrected chi connectivity index (χ4v) is 4.62. The Bertz CT molecular complexity index is 780. The summed E-state index contributed by atoms with van der Waals surface area (Å²) in [6.45, 7) is 5.66. The first-order valence-electron chi connectivity index (χ1n) is 9.92. The molecular weight excluding hydrogens is 340 g/mol. The number of hydrogen-bond donors (Lipinski definition) is 0. The molecule has 1 atom stereocenters. The van der Waals surface area contributed by atoms with Crippen molar-refractivity contribution in [2.24, 2.45) is 5.41 Å². The minimum atomic E-state index is -0.0131. The fraction of sp³-hybridized carbons (Fsp3) is 0.571. The molecule has 2 saturated heterocycles. The molecule has 0 unspecified atom stereocenters. The number of amides is 1. The summed E-state index contributed by atoms with van der Waals surface area (Å²) < 4.78 is 5.22. The van der Waals surface area contributed by atoms with Gasteiger partial charge in [0.15, 0.2) is 5.82 Å². The number of piperidine rings is 2. The molecule has 0 N–H and O–H groups in total. The van der Waals surface area contributed by atoms with E-state index in [1.54, 1.807) is 0 Å². The summed E-state index contributed by atoms with van der Waals surface area (Å²) in [5, 5.41) is 4.08. The van der Waals surface area contributed by atoms with Crippen LogP contribution in [-0.2, 0) is 17.8 Å². The Hall–Kier alpha value is -2.21. The summed E-state index contributed by atoms with van der Waals surface area (Å²) in [6.07, 6.45) is 3.94. The van der Waals surface area contributed by atoms with Crippen molar-refractivity contribution < 1.29 is 9.32 Å². The number of nitrogens with zero attached hydrogens (tertiary/aromatic N) is 4. The molecule has 2 aliphatic heterocycles. The standard InChI is InChI=1S/C21H28N4O2/c1-3-19-22-18(23-27-19)14-25-11-9-21(10-12-25)13-17(20(26)24(2)15-21)16-7-5-4-6-8-16/h4-8,17H,3,9-15H2,1-2H3/t17-/m0/s1. The molecule has 4 rings (SSSR count). The summed E-state index contributed by atoms with van der Waals surface area (Å²) in [5.74, 6) is 1.73. The lowest BCUT2D eigenvalue weighted by Gasteiger charge is -2.49. The van der Waals surface area contributed by atoms with E-state index < -0.39 is 0 Å². The van der Waals surface area contributed by atoms with E-state index >= 15 is 0 Å². The first-order valence-corrected chi connectivity index (χ1v) is 9.92. The van der Waals surface area contributed by atoms with Crippen molar-refractivity contribution in [2.75, 3.05) is 26.7 Å². The minimum Gasteiger partial charge on any atom is -0.345 e. The van der Waals surface area contributed by atoms with Crippen LogP contribution in [0, 0.1) is 5.41 Å². The zero-order chi connectivity index (χ0) is 18.9. The van der Waals surface area contributed by atoms with Gasteiger partial charge in [0.25, 0.3) is 0 Å². The lowest BCUT2D eigenvalue weighted by molar-refractivity contribution is -0.139. The van der Waals surface area contributed by atoms with Crippen LogP contribution in [-0.4, -0.2) is 52.5 Å². The van der Waals surface area contributed by atoms with Crippen molar-refractivity contribution in [3.63, 3.8) is 0 Å². The van der Waals surface area contributed by atoms with Crippen LogP contribution in [0.3, 0.4) is 0 Å². The third kappa shape index (κ3) is 3.76. The molecule has 6 nitrogen and oxygen atoms in total. The normalized spacial score (nSPS) is 23.1. The quantitative estimate of drug-likeness (QED) is 0.830. The average molecular weight is 368 g/mol. The Morgan fingerprint density at radius 2 is 1.96 bits per heavy atom. The van der Waals surface area contributed by atoms with Crippen LogP contribution in [0.15, 0.2) is 34.9 Å². The monoisotopic (exact) mass is 368 g/mol. The Labute approximate surface area is 160 Å². The molecule has 2 aromatic rings. The second kappa shape index (κ2) is 7.43. The second-order valence-electron chi connectivity index (χ2n) is 8.10. The van der Waals surface area contributed by atoms with Gasteiger partial charge in [0, 0.05) is 20.0 Å². The van der Waals surface area contributed by atoms with Crippen LogP contribution in [0.2, 0.25) is 0 Å². The Morgan fingerprint density at radius 3 is 2.63 bits per heavy atom. The maximum absolute atomic E-state index is 12.8. The van der Waals surface area contributed by atoms with E-state index in [0.29, 0.717) is 5.89 Å². The highest BCUT2D eigenvalue weighted by molar-refractivity contribution is 5.84. The molecule has 27 heavy (non-hydrogen) atoms.